The van der Waals surface area contributed by atoms with Crippen molar-refractivity contribution in [1.29, 1.82) is 0 Å². The van der Waals surface area contributed by atoms with Crippen molar-refractivity contribution >= 4 is 11.8 Å². The second kappa shape index (κ2) is 7.48. The van der Waals surface area contributed by atoms with E-state index in [-0.39, 0.29) is 29.8 Å². The largest absolute Gasteiger partial charge is 0.480 e. The molecule has 2 fully saturated rings. The van der Waals surface area contributed by atoms with Gasteiger partial charge in [-0.15, -0.1) is 0 Å². The normalized spacial score (nSPS) is 27.2. The van der Waals surface area contributed by atoms with Crippen molar-refractivity contribution in [1.82, 2.24) is 15.2 Å². The number of ether oxygens (including phenoxy) is 2. The lowest BCUT2D eigenvalue weighted by Gasteiger charge is -2.22. The average molecular weight is 393 g/mol. The highest BCUT2D eigenvalue weighted by Gasteiger charge is 2.47. The zero-order chi connectivity index (χ0) is 19.8. The van der Waals surface area contributed by atoms with Gasteiger partial charge in [0.2, 0.25) is 0 Å². The number of para-hydroxylation sites is 1. The first-order chi connectivity index (χ1) is 14.2. The van der Waals surface area contributed by atoms with E-state index in [1.165, 1.54) is 0 Å². The molecule has 2 aromatic rings. The summed E-state index contributed by atoms with van der Waals surface area (Å²) in [6.07, 6.45) is 3.41. The number of hydrogen-bond acceptors (Lipinski definition) is 5. The summed E-state index contributed by atoms with van der Waals surface area (Å²) in [6, 6.07) is 11.2. The number of hydrogen-bond donors (Lipinski definition) is 1. The van der Waals surface area contributed by atoms with Gasteiger partial charge >= 0.3 is 0 Å². The highest BCUT2D eigenvalue weighted by atomic mass is 16.5. The highest BCUT2D eigenvalue weighted by Crippen LogP contribution is 2.35. The van der Waals surface area contributed by atoms with Crippen molar-refractivity contribution < 1.29 is 19.1 Å². The van der Waals surface area contributed by atoms with E-state index in [0.717, 1.165) is 11.3 Å². The molecule has 0 aliphatic carbocycles. The summed E-state index contributed by atoms with van der Waals surface area (Å²) in [5, 5.41) is 2.99. The lowest BCUT2D eigenvalue weighted by atomic mass is 9.93. The SMILES string of the molecule is O=C(NC[C@@H]1CO[C@@H]2CN(C(=O)[C@H]3Cc4ccccc4O3)C[C@H]12)c1ccncc1. The summed E-state index contributed by atoms with van der Waals surface area (Å²) in [5.41, 5.74) is 1.68. The predicted molar refractivity (Wildman–Crippen MR) is 104 cm³/mol. The molecule has 1 N–H and O–H groups in total. The van der Waals surface area contributed by atoms with Gasteiger partial charge in [-0.3, -0.25) is 14.6 Å². The van der Waals surface area contributed by atoms with E-state index in [1.807, 2.05) is 29.2 Å². The Hall–Kier alpha value is -2.93. The molecule has 29 heavy (non-hydrogen) atoms. The number of pyridine rings is 1. The molecule has 0 saturated carbocycles. The first-order valence-corrected chi connectivity index (χ1v) is 10.0. The Morgan fingerprint density at radius 1 is 1.14 bits per heavy atom. The number of likely N-dealkylation sites (tertiary alicyclic amines) is 1. The molecule has 3 aliphatic heterocycles. The summed E-state index contributed by atoms with van der Waals surface area (Å²) in [5.74, 6) is 1.15. The van der Waals surface area contributed by atoms with Gasteiger partial charge in [0, 0.05) is 55.8 Å². The second-order valence-electron chi connectivity index (χ2n) is 7.90. The maximum Gasteiger partial charge on any atom is 0.264 e. The van der Waals surface area contributed by atoms with Crippen LogP contribution in [0.25, 0.3) is 0 Å². The molecule has 5 rings (SSSR count). The van der Waals surface area contributed by atoms with E-state index in [4.69, 9.17) is 9.47 Å². The lowest BCUT2D eigenvalue weighted by molar-refractivity contribution is -0.137. The maximum absolute atomic E-state index is 13.0. The quantitative estimate of drug-likeness (QED) is 0.847. The van der Waals surface area contributed by atoms with Crippen LogP contribution in [0.5, 0.6) is 5.75 Å². The maximum atomic E-state index is 13.0. The van der Waals surface area contributed by atoms with Crippen LogP contribution in [-0.2, 0) is 16.0 Å². The lowest BCUT2D eigenvalue weighted by Crippen LogP contribution is -2.41. The van der Waals surface area contributed by atoms with Gasteiger partial charge in [-0.05, 0) is 23.8 Å². The minimum atomic E-state index is -0.448. The Morgan fingerprint density at radius 3 is 2.79 bits per heavy atom. The van der Waals surface area contributed by atoms with Crippen LogP contribution in [0.3, 0.4) is 0 Å². The van der Waals surface area contributed by atoms with E-state index < -0.39 is 6.10 Å². The number of amides is 2. The molecule has 2 amide bonds. The topological polar surface area (TPSA) is 80.8 Å². The number of aromatic nitrogens is 1. The molecule has 0 bridgehead atoms. The van der Waals surface area contributed by atoms with Gasteiger partial charge in [0.25, 0.3) is 11.8 Å². The third-order valence-electron chi connectivity index (χ3n) is 6.14. The molecule has 4 heterocycles. The van der Waals surface area contributed by atoms with Crippen molar-refractivity contribution in [3.05, 3.63) is 59.9 Å². The fraction of sp³-hybridized carbons (Fsp3) is 0.409. The highest BCUT2D eigenvalue weighted by molar-refractivity contribution is 5.93. The fourth-order valence-electron chi connectivity index (χ4n) is 4.54. The molecule has 1 aromatic carbocycles. The summed E-state index contributed by atoms with van der Waals surface area (Å²) in [7, 11) is 0. The van der Waals surface area contributed by atoms with Crippen molar-refractivity contribution in [2.75, 3.05) is 26.2 Å². The first kappa shape index (κ1) is 18.1. The minimum absolute atomic E-state index is 0.0266. The smallest absolute Gasteiger partial charge is 0.264 e. The van der Waals surface area contributed by atoms with Gasteiger partial charge in [0.15, 0.2) is 6.10 Å². The Bertz CT molecular complexity index is 894. The predicted octanol–water partition coefficient (Wildman–Crippen LogP) is 1.29. The van der Waals surface area contributed by atoms with Gasteiger partial charge in [0.1, 0.15) is 5.75 Å². The molecule has 1 aromatic heterocycles. The van der Waals surface area contributed by atoms with Crippen LogP contribution < -0.4 is 10.1 Å². The van der Waals surface area contributed by atoms with E-state index in [9.17, 15) is 9.59 Å². The summed E-state index contributed by atoms with van der Waals surface area (Å²) >= 11 is 0. The van der Waals surface area contributed by atoms with Gasteiger partial charge in [0.05, 0.1) is 12.7 Å². The molecule has 3 aliphatic rings. The third-order valence-corrected chi connectivity index (χ3v) is 6.14. The van der Waals surface area contributed by atoms with E-state index in [0.29, 0.717) is 38.2 Å². The van der Waals surface area contributed by atoms with Crippen LogP contribution >= 0.6 is 0 Å². The minimum Gasteiger partial charge on any atom is -0.480 e. The van der Waals surface area contributed by atoms with Crippen LogP contribution in [0.2, 0.25) is 0 Å². The standard InChI is InChI=1S/C22H23N3O4/c26-21(14-5-7-23-8-6-14)24-10-16-13-28-20-12-25(11-17(16)20)22(27)19-9-15-3-1-2-4-18(15)29-19/h1-8,16-17,19-20H,9-13H2,(H,24,26)/t16-,17-,19-,20-/m1/s1. The summed E-state index contributed by atoms with van der Waals surface area (Å²) in [4.78, 5) is 31.1. The van der Waals surface area contributed by atoms with E-state index in [1.54, 1.807) is 24.5 Å². The van der Waals surface area contributed by atoms with Gasteiger partial charge in [-0.2, -0.15) is 0 Å². The van der Waals surface area contributed by atoms with E-state index >= 15 is 0 Å². The number of carbonyl (C=O) groups is 2. The van der Waals surface area contributed by atoms with E-state index in [2.05, 4.69) is 10.3 Å². The molecule has 0 unspecified atom stereocenters. The molecule has 7 heteroatoms. The Kier molecular flexibility index (Phi) is 4.67. The number of carbonyl (C=O) groups excluding carboxylic acids is 2. The zero-order valence-electron chi connectivity index (χ0n) is 16.0. The number of fused-ring (bicyclic) bond motifs is 2. The zero-order valence-corrected chi connectivity index (χ0v) is 16.0. The van der Waals surface area contributed by atoms with Crippen LogP contribution in [-0.4, -0.2) is 60.1 Å². The molecule has 0 spiro atoms. The Balaban J connectivity index is 1.17. The van der Waals surface area contributed by atoms with Crippen LogP contribution in [0.1, 0.15) is 15.9 Å². The number of benzene rings is 1. The Labute approximate surface area is 169 Å². The van der Waals surface area contributed by atoms with Crippen molar-refractivity contribution in [3.8, 4) is 5.75 Å². The first-order valence-electron chi connectivity index (χ1n) is 10.0. The number of nitrogens with zero attached hydrogens (tertiary/aromatic N) is 2. The van der Waals surface area contributed by atoms with Crippen molar-refractivity contribution in [2.45, 2.75) is 18.6 Å². The third kappa shape index (κ3) is 3.46. The molecule has 0 radical (unpaired) electrons. The molecule has 4 atom stereocenters. The number of nitrogens with one attached hydrogen (secondary N) is 1. The van der Waals surface area contributed by atoms with Gasteiger partial charge < -0.3 is 19.7 Å². The summed E-state index contributed by atoms with van der Waals surface area (Å²) < 4.78 is 11.8. The Morgan fingerprint density at radius 2 is 1.97 bits per heavy atom. The molecular weight excluding hydrogens is 370 g/mol. The van der Waals surface area contributed by atoms with Crippen LogP contribution in [0.4, 0.5) is 0 Å². The molecule has 7 nitrogen and oxygen atoms in total. The second-order valence-corrected chi connectivity index (χ2v) is 7.90. The molecule has 150 valence electrons. The molecule has 2 saturated heterocycles. The average Bonchev–Trinajstić information content (AvgIpc) is 3.46. The number of rotatable bonds is 4. The van der Waals surface area contributed by atoms with Crippen molar-refractivity contribution in [3.63, 3.8) is 0 Å². The van der Waals surface area contributed by atoms with Crippen LogP contribution in [0, 0.1) is 11.8 Å². The van der Waals surface area contributed by atoms with Crippen LogP contribution in [0.15, 0.2) is 48.8 Å². The fourth-order valence-corrected chi connectivity index (χ4v) is 4.54. The monoisotopic (exact) mass is 393 g/mol. The van der Waals surface area contributed by atoms with Gasteiger partial charge in [-0.1, -0.05) is 18.2 Å². The van der Waals surface area contributed by atoms with Crippen molar-refractivity contribution in [2.24, 2.45) is 11.8 Å². The summed E-state index contributed by atoms with van der Waals surface area (Å²) in [6.45, 7) is 2.39. The molecular formula is C22H23N3O4. The van der Waals surface area contributed by atoms with Gasteiger partial charge in [-0.25, -0.2) is 0 Å².